The summed E-state index contributed by atoms with van der Waals surface area (Å²) in [6, 6.07) is 3.13. The number of aromatic nitrogens is 3. The number of esters is 1. The molecule has 0 saturated carbocycles. The Kier molecular flexibility index (Phi) is 4.39. The monoisotopic (exact) mass is 339 g/mol. The summed E-state index contributed by atoms with van der Waals surface area (Å²) in [5, 5.41) is 3.98. The number of nitrogens with zero attached hydrogens (tertiary/aromatic N) is 3. The summed E-state index contributed by atoms with van der Waals surface area (Å²) in [6.07, 6.45) is 3.13. The van der Waals surface area contributed by atoms with E-state index in [0.29, 0.717) is 12.1 Å². The number of aryl methyl sites for hydroxylation is 1. The number of pyridine rings is 1. The molecular formula is C13H14BrN3O3. The molecule has 0 amide bonds. The first-order valence-electron chi connectivity index (χ1n) is 6.01. The van der Waals surface area contributed by atoms with Crippen LogP contribution in [0.5, 0.6) is 0 Å². The third kappa shape index (κ3) is 3.16. The maximum Gasteiger partial charge on any atom is 0.341 e. The van der Waals surface area contributed by atoms with E-state index in [1.54, 1.807) is 30.9 Å². The van der Waals surface area contributed by atoms with Crippen molar-refractivity contribution in [3.05, 3.63) is 50.6 Å². The Hall–Kier alpha value is -1.89. The van der Waals surface area contributed by atoms with Gasteiger partial charge in [0.25, 0.3) is 5.56 Å². The number of hydrogen-bond donors (Lipinski definition) is 0. The molecule has 106 valence electrons. The van der Waals surface area contributed by atoms with Gasteiger partial charge in [0, 0.05) is 29.5 Å². The molecule has 0 aromatic carbocycles. The molecule has 0 aliphatic rings. The molecule has 2 aromatic heterocycles. The van der Waals surface area contributed by atoms with Gasteiger partial charge in [0.15, 0.2) is 0 Å². The molecule has 0 unspecified atom stereocenters. The van der Waals surface area contributed by atoms with Gasteiger partial charge in [-0.05, 0) is 28.9 Å². The molecule has 0 bridgehead atoms. The van der Waals surface area contributed by atoms with Gasteiger partial charge in [-0.15, -0.1) is 0 Å². The maximum absolute atomic E-state index is 11.8. The zero-order chi connectivity index (χ0) is 14.7. The van der Waals surface area contributed by atoms with Crippen LogP contribution >= 0.6 is 15.9 Å². The van der Waals surface area contributed by atoms with Crippen LogP contribution in [0.3, 0.4) is 0 Å². The Morgan fingerprint density at radius 3 is 2.85 bits per heavy atom. The molecule has 0 aliphatic carbocycles. The molecule has 0 aliphatic heterocycles. The second-order valence-corrected chi connectivity index (χ2v) is 5.20. The van der Waals surface area contributed by atoms with Crippen LogP contribution in [0.25, 0.3) is 0 Å². The highest BCUT2D eigenvalue weighted by Crippen LogP contribution is 2.08. The third-order valence-electron chi connectivity index (χ3n) is 2.97. The number of carbonyl (C=O) groups excluding carboxylic acids is 1. The summed E-state index contributed by atoms with van der Waals surface area (Å²) in [6.45, 7) is 2.23. The van der Waals surface area contributed by atoms with E-state index in [1.165, 1.54) is 16.8 Å². The zero-order valence-corrected chi connectivity index (χ0v) is 12.8. The van der Waals surface area contributed by atoms with Gasteiger partial charge in [-0.3, -0.25) is 9.48 Å². The molecule has 2 heterocycles. The first kappa shape index (κ1) is 14.5. The maximum atomic E-state index is 11.8. The fourth-order valence-corrected chi connectivity index (χ4v) is 2.07. The van der Waals surface area contributed by atoms with Crippen LogP contribution < -0.4 is 5.56 Å². The highest BCUT2D eigenvalue weighted by Gasteiger charge is 2.13. The van der Waals surface area contributed by atoms with Gasteiger partial charge < -0.3 is 9.30 Å². The van der Waals surface area contributed by atoms with Crippen LogP contribution in [-0.2, 0) is 18.3 Å². The molecule has 0 fully saturated rings. The zero-order valence-electron chi connectivity index (χ0n) is 11.2. The van der Waals surface area contributed by atoms with Crippen LogP contribution in [0.4, 0.5) is 0 Å². The van der Waals surface area contributed by atoms with Gasteiger partial charge in [-0.25, -0.2) is 4.79 Å². The minimum Gasteiger partial charge on any atom is -0.460 e. The summed E-state index contributed by atoms with van der Waals surface area (Å²) in [5.74, 6) is -0.432. The highest BCUT2D eigenvalue weighted by atomic mass is 79.9. The van der Waals surface area contributed by atoms with Crippen LogP contribution in [-0.4, -0.2) is 26.9 Å². The Balaban J connectivity index is 1.96. The average molecular weight is 340 g/mol. The summed E-state index contributed by atoms with van der Waals surface area (Å²) >= 11 is 3.29. The number of halogens is 1. The first-order chi connectivity index (χ1) is 9.49. The Morgan fingerprint density at radius 1 is 1.45 bits per heavy atom. The van der Waals surface area contributed by atoms with Crippen molar-refractivity contribution in [2.24, 2.45) is 7.05 Å². The van der Waals surface area contributed by atoms with E-state index in [1.807, 2.05) is 0 Å². The molecule has 0 N–H and O–H groups in total. The predicted molar refractivity (Wildman–Crippen MR) is 76.6 cm³/mol. The highest BCUT2D eigenvalue weighted by molar-refractivity contribution is 9.10. The molecule has 0 atom stereocenters. The van der Waals surface area contributed by atoms with Crippen molar-refractivity contribution in [2.75, 3.05) is 6.61 Å². The van der Waals surface area contributed by atoms with Crippen LogP contribution in [0.2, 0.25) is 0 Å². The number of ether oxygens (including phenoxy) is 1. The quantitative estimate of drug-likeness (QED) is 0.792. The van der Waals surface area contributed by atoms with E-state index >= 15 is 0 Å². The minimum atomic E-state index is -0.432. The van der Waals surface area contributed by atoms with Crippen LogP contribution in [0, 0.1) is 6.92 Å². The first-order valence-corrected chi connectivity index (χ1v) is 6.80. The molecule has 6 nitrogen and oxygen atoms in total. The lowest BCUT2D eigenvalue weighted by molar-refractivity contribution is 0.0489. The Labute approximate surface area is 124 Å². The second kappa shape index (κ2) is 6.04. The van der Waals surface area contributed by atoms with Gasteiger partial charge in [0.2, 0.25) is 0 Å². The number of rotatable bonds is 4. The van der Waals surface area contributed by atoms with Gasteiger partial charge in [0.05, 0.1) is 12.7 Å². The van der Waals surface area contributed by atoms with E-state index in [4.69, 9.17) is 4.74 Å². The van der Waals surface area contributed by atoms with Crippen molar-refractivity contribution in [3.8, 4) is 0 Å². The van der Waals surface area contributed by atoms with Crippen molar-refractivity contribution < 1.29 is 9.53 Å². The smallest absolute Gasteiger partial charge is 0.341 e. The minimum absolute atomic E-state index is 0.128. The van der Waals surface area contributed by atoms with Crippen LogP contribution in [0.15, 0.2) is 33.8 Å². The van der Waals surface area contributed by atoms with E-state index in [0.717, 1.165) is 10.2 Å². The Bertz CT molecular complexity index is 690. The SMILES string of the molecule is Cc1c(C(=O)OCCn2cc(Br)ccc2=O)cnn1C. The number of hydrogen-bond acceptors (Lipinski definition) is 4. The second-order valence-electron chi connectivity index (χ2n) is 4.28. The third-order valence-corrected chi connectivity index (χ3v) is 3.44. The topological polar surface area (TPSA) is 66.1 Å². The van der Waals surface area contributed by atoms with Crippen molar-refractivity contribution in [1.82, 2.24) is 14.3 Å². The summed E-state index contributed by atoms with van der Waals surface area (Å²) in [4.78, 5) is 23.4. The average Bonchev–Trinajstić information content (AvgIpc) is 2.74. The molecule has 0 saturated heterocycles. The normalized spacial score (nSPS) is 10.6. The fraction of sp³-hybridized carbons (Fsp3) is 0.308. The number of carbonyl (C=O) groups is 1. The van der Waals surface area contributed by atoms with E-state index < -0.39 is 5.97 Å². The van der Waals surface area contributed by atoms with Crippen molar-refractivity contribution in [2.45, 2.75) is 13.5 Å². The standard InChI is InChI=1S/C13H14BrN3O3/c1-9-11(7-15-16(9)2)13(19)20-6-5-17-8-10(14)3-4-12(17)18/h3-4,7-8H,5-6H2,1-2H3. The summed E-state index contributed by atoms with van der Waals surface area (Å²) in [7, 11) is 1.76. The summed E-state index contributed by atoms with van der Waals surface area (Å²) < 4.78 is 9.04. The molecule has 0 spiro atoms. The van der Waals surface area contributed by atoms with E-state index in [2.05, 4.69) is 21.0 Å². The molecule has 0 radical (unpaired) electrons. The van der Waals surface area contributed by atoms with E-state index in [9.17, 15) is 9.59 Å². The van der Waals surface area contributed by atoms with Crippen molar-refractivity contribution in [3.63, 3.8) is 0 Å². The van der Waals surface area contributed by atoms with Gasteiger partial charge in [-0.2, -0.15) is 5.10 Å². The molecule has 2 rings (SSSR count). The largest absolute Gasteiger partial charge is 0.460 e. The van der Waals surface area contributed by atoms with Gasteiger partial charge >= 0.3 is 5.97 Å². The van der Waals surface area contributed by atoms with Crippen LogP contribution in [0.1, 0.15) is 16.1 Å². The lowest BCUT2D eigenvalue weighted by atomic mass is 10.3. The lowest BCUT2D eigenvalue weighted by Crippen LogP contribution is -2.22. The predicted octanol–water partition coefficient (Wildman–Crippen LogP) is 1.51. The van der Waals surface area contributed by atoms with Gasteiger partial charge in [0.1, 0.15) is 12.2 Å². The molecule has 2 aromatic rings. The molecule has 7 heteroatoms. The van der Waals surface area contributed by atoms with E-state index in [-0.39, 0.29) is 12.2 Å². The molecule has 20 heavy (non-hydrogen) atoms. The van der Waals surface area contributed by atoms with Crippen molar-refractivity contribution in [1.29, 1.82) is 0 Å². The van der Waals surface area contributed by atoms with Crippen molar-refractivity contribution >= 4 is 21.9 Å². The lowest BCUT2D eigenvalue weighted by Gasteiger charge is -2.07. The van der Waals surface area contributed by atoms with Gasteiger partial charge in [-0.1, -0.05) is 0 Å². The fourth-order valence-electron chi connectivity index (χ4n) is 1.69. The summed E-state index contributed by atoms with van der Waals surface area (Å²) in [5.41, 5.74) is 1.05. The molecular weight excluding hydrogens is 326 g/mol. The Morgan fingerprint density at radius 2 is 2.20 bits per heavy atom.